The van der Waals surface area contributed by atoms with Gasteiger partial charge in [-0.05, 0) is 33.5 Å². The molecule has 2 aliphatic heterocycles. The SMILES string of the molecule is C[C@@H]1COc2c(N3CCC(C(c4ncco4)N(C)C)C3)c(F)cc3c(=O)c(C(=O)O)cn1c23. The van der Waals surface area contributed by atoms with Crippen LogP contribution in [0.3, 0.4) is 0 Å². The van der Waals surface area contributed by atoms with Crippen LogP contribution >= 0.6 is 0 Å². The molecule has 174 valence electrons. The molecule has 9 nitrogen and oxygen atoms in total. The summed E-state index contributed by atoms with van der Waals surface area (Å²) in [6.45, 7) is 3.26. The largest absolute Gasteiger partial charge is 0.487 e. The van der Waals surface area contributed by atoms with Crippen molar-refractivity contribution in [3.8, 4) is 5.75 Å². The minimum absolute atomic E-state index is 0.0133. The molecule has 3 aromatic rings. The summed E-state index contributed by atoms with van der Waals surface area (Å²) in [4.78, 5) is 32.7. The molecule has 10 heteroatoms. The van der Waals surface area contributed by atoms with Gasteiger partial charge in [-0.3, -0.25) is 9.69 Å². The molecule has 2 unspecified atom stereocenters. The van der Waals surface area contributed by atoms with Crippen LogP contribution in [-0.4, -0.2) is 59.3 Å². The predicted molar refractivity (Wildman–Crippen MR) is 119 cm³/mol. The monoisotopic (exact) mass is 456 g/mol. The van der Waals surface area contributed by atoms with Crippen LogP contribution in [0.5, 0.6) is 5.75 Å². The number of benzene rings is 1. The molecule has 3 atom stereocenters. The van der Waals surface area contributed by atoms with Crippen LogP contribution < -0.4 is 15.1 Å². The first-order chi connectivity index (χ1) is 15.8. The van der Waals surface area contributed by atoms with Crippen molar-refractivity contribution in [2.75, 3.05) is 38.7 Å². The molecular weight excluding hydrogens is 431 g/mol. The van der Waals surface area contributed by atoms with Gasteiger partial charge in [-0.25, -0.2) is 14.2 Å². The highest BCUT2D eigenvalue weighted by Crippen LogP contribution is 2.44. The fourth-order valence-corrected chi connectivity index (χ4v) is 5.13. The topological polar surface area (TPSA) is 101 Å². The number of ether oxygens (including phenoxy) is 1. The number of pyridine rings is 1. The van der Waals surface area contributed by atoms with Crippen molar-refractivity contribution in [3.63, 3.8) is 0 Å². The Balaban J connectivity index is 1.60. The van der Waals surface area contributed by atoms with Crippen molar-refractivity contribution in [3.05, 3.63) is 52.2 Å². The van der Waals surface area contributed by atoms with E-state index in [4.69, 9.17) is 9.15 Å². The lowest BCUT2D eigenvalue weighted by molar-refractivity contribution is 0.0694. The van der Waals surface area contributed by atoms with Crippen molar-refractivity contribution in [2.24, 2.45) is 5.92 Å². The normalized spacial score (nSPS) is 20.9. The summed E-state index contributed by atoms with van der Waals surface area (Å²) in [5.41, 5.74) is -0.358. The van der Waals surface area contributed by atoms with E-state index in [0.29, 0.717) is 30.2 Å². The van der Waals surface area contributed by atoms with Gasteiger partial charge < -0.3 is 23.7 Å². The second kappa shape index (κ2) is 7.87. The number of anilines is 1. The van der Waals surface area contributed by atoms with Crippen LogP contribution in [0.4, 0.5) is 10.1 Å². The fraction of sp³-hybridized carbons (Fsp3) is 0.435. The van der Waals surface area contributed by atoms with Gasteiger partial charge in [0.1, 0.15) is 24.1 Å². The van der Waals surface area contributed by atoms with Crippen LogP contribution in [0.15, 0.2) is 33.9 Å². The molecule has 0 spiro atoms. The van der Waals surface area contributed by atoms with Crippen molar-refractivity contribution >= 4 is 22.6 Å². The highest BCUT2D eigenvalue weighted by Gasteiger charge is 2.38. The van der Waals surface area contributed by atoms with E-state index in [9.17, 15) is 14.7 Å². The molecule has 0 bridgehead atoms. The number of carboxylic acids is 1. The number of carbonyl (C=O) groups is 1. The number of rotatable bonds is 5. The lowest BCUT2D eigenvalue weighted by Gasteiger charge is -2.32. The second-order valence-electron chi connectivity index (χ2n) is 8.95. The Morgan fingerprint density at radius 1 is 1.39 bits per heavy atom. The standard InChI is InChI=1S/C23H25FN4O5/c1-12-11-33-21-18-14(20(29)15(23(30)31)10-28(12)18)8-16(24)19(21)27-6-4-13(9-27)17(26(2)3)22-25-5-7-32-22/h5,7-8,10,12-13,17H,4,6,9,11H2,1-3H3,(H,30,31)/t12-,13?,17?/m1/s1. The molecule has 5 rings (SSSR count). The molecular formula is C23H25FN4O5. The zero-order valence-electron chi connectivity index (χ0n) is 18.6. The van der Waals surface area contributed by atoms with Crippen LogP contribution in [-0.2, 0) is 0 Å². The molecule has 1 fully saturated rings. The van der Waals surface area contributed by atoms with Gasteiger partial charge in [0.25, 0.3) is 0 Å². The van der Waals surface area contributed by atoms with E-state index in [1.807, 2.05) is 30.8 Å². The van der Waals surface area contributed by atoms with Gasteiger partial charge in [0, 0.05) is 25.2 Å². The first kappa shape index (κ1) is 21.4. The summed E-state index contributed by atoms with van der Waals surface area (Å²) >= 11 is 0. The minimum Gasteiger partial charge on any atom is -0.487 e. The smallest absolute Gasteiger partial charge is 0.341 e. The molecule has 0 saturated carbocycles. The Morgan fingerprint density at radius 3 is 2.85 bits per heavy atom. The maximum absolute atomic E-state index is 15.5. The molecule has 0 amide bonds. The Bertz CT molecular complexity index is 1290. The summed E-state index contributed by atoms with van der Waals surface area (Å²) in [6.07, 6.45) is 5.29. The minimum atomic E-state index is -1.33. The van der Waals surface area contributed by atoms with E-state index in [1.165, 1.54) is 6.20 Å². The van der Waals surface area contributed by atoms with Gasteiger partial charge in [-0.1, -0.05) is 0 Å². The highest BCUT2D eigenvalue weighted by molar-refractivity contribution is 5.97. The van der Waals surface area contributed by atoms with Crippen molar-refractivity contribution < 1.29 is 23.4 Å². The lowest BCUT2D eigenvalue weighted by atomic mass is 9.98. The molecule has 4 heterocycles. The van der Waals surface area contributed by atoms with Gasteiger partial charge in [0.15, 0.2) is 11.6 Å². The number of hydrogen-bond donors (Lipinski definition) is 1. The summed E-state index contributed by atoms with van der Waals surface area (Å²) in [5, 5.41) is 9.47. The van der Waals surface area contributed by atoms with Crippen molar-refractivity contribution in [2.45, 2.75) is 25.4 Å². The van der Waals surface area contributed by atoms with Gasteiger partial charge >= 0.3 is 5.97 Å². The zero-order valence-corrected chi connectivity index (χ0v) is 18.6. The Hall–Kier alpha value is -3.40. The van der Waals surface area contributed by atoms with E-state index in [1.54, 1.807) is 17.0 Å². The fourth-order valence-electron chi connectivity index (χ4n) is 5.13. The van der Waals surface area contributed by atoms with E-state index in [0.717, 1.165) is 12.5 Å². The third-order valence-electron chi connectivity index (χ3n) is 6.62. The molecule has 33 heavy (non-hydrogen) atoms. The number of hydrogen-bond acceptors (Lipinski definition) is 7. The first-order valence-electron chi connectivity index (χ1n) is 10.9. The molecule has 2 aromatic heterocycles. The predicted octanol–water partition coefficient (Wildman–Crippen LogP) is 2.91. The third kappa shape index (κ3) is 3.36. The van der Waals surface area contributed by atoms with Crippen LogP contribution in [0.2, 0.25) is 0 Å². The van der Waals surface area contributed by atoms with Crippen LogP contribution in [0.25, 0.3) is 10.9 Å². The molecule has 0 radical (unpaired) electrons. The number of carboxylic acid groups (broad SMARTS) is 1. The van der Waals surface area contributed by atoms with Crippen LogP contribution in [0, 0.1) is 11.7 Å². The quantitative estimate of drug-likeness (QED) is 0.626. The van der Waals surface area contributed by atoms with Crippen LogP contribution in [0.1, 0.15) is 41.7 Å². The Kier molecular flexibility index (Phi) is 5.12. The average Bonchev–Trinajstić information content (AvgIpc) is 3.44. The maximum Gasteiger partial charge on any atom is 0.341 e. The highest BCUT2D eigenvalue weighted by atomic mass is 19.1. The molecule has 1 N–H and O–H groups in total. The lowest BCUT2D eigenvalue weighted by Crippen LogP contribution is -2.31. The van der Waals surface area contributed by atoms with E-state index in [-0.39, 0.29) is 41.3 Å². The van der Waals surface area contributed by atoms with Gasteiger partial charge in [-0.15, -0.1) is 0 Å². The summed E-state index contributed by atoms with van der Waals surface area (Å²) in [7, 11) is 3.92. The second-order valence-corrected chi connectivity index (χ2v) is 8.95. The number of oxazole rings is 1. The summed E-state index contributed by atoms with van der Waals surface area (Å²) < 4.78 is 28.7. The van der Waals surface area contributed by atoms with E-state index in [2.05, 4.69) is 4.98 Å². The maximum atomic E-state index is 15.5. The molecule has 0 aliphatic carbocycles. The molecule has 2 aliphatic rings. The van der Waals surface area contributed by atoms with Crippen molar-refractivity contribution in [1.29, 1.82) is 0 Å². The number of nitrogens with zero attached hydrogens (tertiary/aromatic N) is 4. The number of halogens is 1. The van der Waals surface area contributed by atoms with E-state index < -0.39 is 17.2 Å². The molecule has 1 aromatic carbocycles. The summed E-state index contributed by atoms with van der Waals surface area (Å²) in [6, 6.07) is 0.875. The summed E-state index contributed by atoms with van der Waals surface area (Å²) in [5.74, 6) is -0.891. The number of aromatic nitrogens is 2. The van der Waals surface area contributed by atoms with Gasteiger partial charge in [-0.2, -0.15) is 0 Å². The Morgan fingerprint density at radius 2 is 2.18 bits per heavy atom. The van der Waals surface area contributed by atoms with Gasteiger partial charge in [0.05, 0.1) is 29.2 Å². The van der Waals surface area contributed by atoms with Crippen molar-refractivity contribution in [1.82, 2.24) is 14.5 Å². The van der Waals surface area contributed by atoms with E-state index >= 15 is 4.39 Å². The number of aromatic carboxylic acids is 1. The first-order valence-corrected chi connectivity index (χ1v) is 10.9. The van der Waals surface area contributed by atoms with Gasteiger partial charge in [0.2, 0.25) is 11.3 Å². The Labute approximate surface area is 189 Å². The third-order valence-corrected chi connectivity index (χ3v) is 6.62. The molecule has 1 saturated heterocycles. The average molecular weight is 456 g/mol. The zero-order chi connectivity index (χ0) is 23.4.